The van der Waals surface area contributed by atoms with E-state index in [-0.39, 0.29) is 0 Å². The highest BCUT2D eigenvalue weighted by molar-refractivity contribution is 7.80. The Morgan fingerprint density at radius 2 is 1.89 bits per heavy atom. The lowest BCUT2D eigenvalue weighted by atomic mass is 10.1. The zero-order valence-corrected chi connectivity index (χ0v) is 11.6. The van der Waals surface area contributed by atoms with Gasteiger partial charge in [-0.05, 0) is 23.8 Å². The average Bonchev–Trinajstić information content (AvgIpc) is 2.58. The number of hydrogen-bond donors (Lipinski definition) is 1. The molecular weight excluding hydrogens is 276 g/mol. The number of nitrogens with zero attached hydrogens (tertiary/aromatic N) is 1. The minimum Gasteiger partial charge on any atom is -0.348 e. The molecule has 94 valence electrons. The SMILES string of the molecule is S=C1CC(c2ccccc2)=Nc2cc(Cl)ccc2N1. The number of hydrogen-bond acceptors (Lipinski definition) is 2. The Balaban J connectivity index is 2.12. The Labute approximate surface area is 122 Å². The van der Waals surface area contributed by atoms with Gasteiger partial charge in [0.25, 0.3) is 0 Å². The molecule has 0 atom stereocenters. The van der Waals surface area contributed by atoms with Crippen LogP contribution in [0.2, 0.25) is 5.02 Å². The standard InChI is InChI=1S/C15H11ClN2S/c16-11-6-7-12-14(8-11)17-13(9-15(19)18-12)10-4-2-1-3-5-10/h1-8H,9H2,(H,18,19). The first-order valence-electron chi connectivity index (χ1n) is 5.95. The minimum atomic E-state index is 0.631. The summed E-state index contributed by atoms with van der Waals surface area (Å²) in [7, 11) is 0. The van der Waals surface area contributed by atoms with E-state index in [9.17, 15) is 0 Å². The Morgan fingerprint density at radius 3 is 2.68 bits per heavy atom. The van der Waals surface area contributed by atoms with Gasteiger partial charge in [-0.25, -0.2) is 0 Å². The van der Waals surface area contributed by atoms with Crippen LogP contribution in [0.3, 0.4) is 0 Å². The van der Waals surface area contributed by atoms with E-state index < -0.39 is 0 Å². The molecule has 1 aliphatic rings. The van der Waals surface area contributed by atoms with Gasteiger partial charge in [0.05, 0.1) is 22.1 Å². The molecule has 0 aromatic heterocycles. The predicted octanol–water partition coefficient (Wildman–Crippen LogP) is 4.60. The van der Waals surface area contributed by atoms with E-state index in [1.807, 2.05) is 48.5 Å². The molecule has 0 amide bonds. The van der Waals surface area contributed by atoms with Gasteiger partial charge in [0.15, 0.2) is 0 Å². The van der Waals surface area contributed by atoms with E-state index in [4.69, 9.17) is 28.8 Å². The molecule has 1 aliphatic heterocycles. The highest BCUT2D eigenvalue weighted by Gasteiger charge is 2.14. The Bertz CT molecular complexity index is 665. The first-order valence-corrected chi connectivity index (χ1v) is 6.73. The summed E-state index contributed by atoms with van der Waals surface area (Å²) in [6.07, 6.45) is 0.631. The molecule has 2 aromatic rings. The number of nitrogens with one attached hydrogen (secondary N) is 1. The first-order chi connectivity index (χ1) is 9.22. The molecule has 0 aliphatic carbocycles. The van der Waals surface area contributed by atoms with E-state index >= 15 is 0 Å². The molecule has 19 heavy (non-hydrogen) atoms. The third-order valence-corrected chi connectivity index (χ3v) is 3.41. The summed E-state index contributed by atoms with van der Waals surface area (Å²) in [4.78, 5) is 5.47. The monoisotopic (exact) mass is 286 g/mol. The Hall–Kier alpha value is -1.71. The van der Waals surface area contributed by atoms with Gasteiger partial charge < -0.3 is 5.32 Å². The molecular formula is C15H11ClN2S. The zero-order chi connectivity index (χ0) is 13.2. The third kappa shape index (κ3) is 2.67. The summed E-state index contributed by atoms with van der Waals surface area (Å²) in [6.45, 7) is 0. The van der Waals surface area contributed by atoms with Crippen LogP contribution in [0.4, 0.5) is 11.4 Å². The highest BCUT2D eigenvalue weighted by atomic mass is 35.5. The molecule has 1 N–H and O–H groups in total. The zero-order valence-electron chi connectivity index (χ0n) is 10.1. The van der Waals surface area contributed by atoms with Crippen LogP contribution in [-0.4, -0.2) is 10.7 Å². The molecule has 0 unspecified atom stereocenters. The van der Waals surface area contributed by atoms with Crippen LogP contribution in [0.25, 0.3) is 0 Å². The van der Waals surface area contributed by atoms with Crippen molar-refractivity contribution in [2.75, 3.05) is 5.32 Å². The largest absolute Gasteiger partial charge is 0.348 e. The quantitative estimate of drug-likeness (QED) is 0.775. The fourth-order valence-electron chi connectivity index (χ4n) is 2.03. The molecule has 0 fully saturated rings. The molecule has 2 nitrogen and oxygen atoms in total. The van der Waals surface area contributed by atoms with Crippen molar-refractivity contribution in [3.63, 3.8) is 0 Å². The van der Waals surface area contributed by atoms with Gasteiger partial charge in [-0.1, -0.05) is 54.2 Å². The minimum absolute atomic E-state index is 0.631. The van der Waals surface area contributed by atoms with Gasteiger partial charge in [-0.3, -0.25) is 4.99 Å². The molecule has 4 heteroatoms. The van der Waals surface area contributed by atoms with Crippen LogP contribution in [0.5, 0.6) is 0 Å². The van der Waals surface area contributed by atoms with Crippen LogP contribution >= 0.6 is 23.8 Å². The molecule has 0 spiro atoms. The van der Waals surface area contributed by atoms with E-state index in [1.54, 1.807) is 0 Å². The maximum atomic E-state index is 6.03. The highest BCUT2D eigenvalue weighted by Crippen LogP contribution is 2.31. The van der Waals surface area contributed by atoms with Crippen molar-refractivity contribution in [1.29, 1.82) is 0 Å². The summed E-state index contributed by atoms with van der Waals surface area (Å²) in [5.41, 5.74) is 3.77. The van der Waals surface area contributed by atoms with Crippen molar-refractivity contribution in [3.05, 3.63) is 59.1 Å². The van der Waals surface area contributed by atoms with Crippen molar-refractivity contribution in [2.24, 2.45) is 4.99 Å². The number of aliphatic imine (C=N–C) groups is 1. The van der Waals surface area contributed by atoms with E-state index in [0.29, 0.717) is 11.4 Å². The number of anilines is 1. The van der Waals surface area contributed by atoms with Crippen molar-refractivity contribution >= 4 is 45.9 Å². The normalized spacial score (nSPS) is 14.2. The maximum Gasteiger partial charge on any atom is 0.0883 e. The van der Waals surface area contributed by atoms with Crippen molar-refractivity contribution < 1.29 is 0 Å². The first kappa shape index (κ1) is 12.3. The van der Waals surface area contributed by atoms with Crippen molar-refractivity contribution in [2.45, 2.75) is 6.42 Å². The van der Waals surface area contributed by atoms with Crippen LogP contribution in [0.15, 0.2) is 53.5 Å². The van der Waals surface area contributed by atoms with Crippen LogP contribution < -0.4 is 5.32 Å². The fourth-order valence-corrected chi connectivity index (χ4v) is 2.44. The second-order valence-corrected chi connectivity index (χ2v) is 5.24. The second-order valence-electron chi connectivity index (χ2n) is 4.31. The summed E-state index contributed by atoms with van der Waals surface area (Å²) in [6, 6.07) is 15.6. The lowest BCUT2D eigenvalue weighted by Crippen LogP contribution is -2.12. The topological polar surface area (TPSA) is 24.4 Å². The van der Waals surface area contributed by atoms with Gasteiger partial charge in [-0.2, -0.15) is 0 Å². The predicted molar refractivity (Wildman–Crippen MR) is 84.9 cm³/mol. The van der Waals surface area contributed by atoms with Gasteiger partial charge in [0.2, 0.25) is 0 Å². The Kier molecular flexibility index (Phi) is 3.32. The number of fused-ring (bicyclic) bond motifs is 1. The van der Waals surface area contributed by atoms with Gasteiger partial charge in [0.1, 0.15) is 0 Å². The van der Waals surface area contributed by atoms with Crippen molar-refractivity contribution in [3.8, 4) is 0 Å². The molecule has 1 heterocycles. The Morgan fingerprint density at radius 1 is 1.11 bits per heavy atom. The second kappa shape index (κ2) is 5.11. The summed E-state index contributed by atoms with van der Waals surface area (Å²) >= 11 is 11.4. The molecule has 0 bridgehead atoms. The van der Waals surface area contributed by atoms with Crippen LogP contribution in [-0.2, 0) is 0 Å². The van der Waals surface area contributed by atoms with Crippen molar-refractivity contribution in [1.82, 2.24) is 0 Å². The summed E-state index contributed by atoms with van der Waals surface area (Å²) < 4.78 is 0. The fraction of sp³-hybridized carbons (Fsp3) is 0.0667. The lowest BCUT2D eigenvalue weighted by Gasteiger charge is -2.05. The van der Waals surface area contributed by atoms with Gasteiger partial charge in [0, 0.05) is 11.4 Å². The maximum absolute atomic E-state index is 6.03. The van der Waals surface area contributed by atoms with Gasteiger partial charge in [-0.15, -0.1) is 0 Å². The third-order valence-electron chi connectivity index (χ3n) is 2.92. The smallest absolute Gasteiger partial charge is 0.0883 e. The number of benzene rings is 2. The number of thiocarbonyl (C=S) groups is 1. The van der Waals surface area contributed by atoms with Crippen LogP contribution in [0.1, 0.15) is 12.0 Å². The van der Waals surface area contributed by atoms with Crippen LogP contribution in [0, 0.1) is 0 Å². The summed E-state index contributed by atoms with van der Waals surface area (Å²) in [5.74, 6) is 0. The van der Waals surface area contributed by atoms with E-state index in [0.717, 1.165) is 27.6 Å². The molecule has 2 aromatic carbocycles. The average molecular weight is 287 g/mol. The van der Waals surface area contributed by atoms with Gasteiger partial charge >= 0.3 is 0 Å². The lowest BCUT2D eigenvalue weighted by molar-refractivity contribution is 1.46. The molecule has 3 rings (SSSR count). The molecule has 0 saturated heterocycles. The molecule has 0 saturated carbocycles. The van der Waals surface area contributed by atoms with E-state index in [2.05, 4.69) is 5.32 Å². The van der Waals surface area contributed by atoms with E-state index in [1.165, 1.54) is 0 Å². The molecule has 0 radical (unpaired) electrons. The number of halogens is 1. The number of rotatable bonds is 1. The summed E-state index contributed by atoms with van der Waals surface area (Å²) in [5, 5.41) is 3.88.